The van der Waals surface area contributed by atoms with E-state index >= 15 is 0 Å². The molecule has 2 aliphatic carbocycles. The van der Waals surface area contributed by atoms with Gasteiger partial charge in [0.1, 0.15) is 17.8 Å². The number of alkyl halides is 6. The summed E-state index contributed by atoms with van der Waals surface area (Å²) in [6, 6.07) is 4.72. The average Bonchev–Trinajstić information content (AvgIpc) is 3.35. The molecule has 0 aliphatic heterocycles. The van der Waals surface area contributed by atoms with Crippen LogP contribution >= 0.6 is 0 Å². The largest absolute Gasteiger partial charge is 0.408 e. The molecule has 4 rings (SSSR count). The minimum atomic E-state index is -4.76. The van der Waals surface area contributed by atoms with Crippen LogP contribution in [0.2, 0.25) is 0 Å². The smallest absolute Gasteiger partial charge is 0.308 e. The van der Waals surface area contributed by atoms with E-state index in [4.69, 9.17) is 0 Å². The third kappa shape index (κ3) is 4.01. The van der Waals surface area contributed by atoms with Crippen LogP contribution in [0.3, 0.4) is 0 Å². The number of hydrogen-bond acceptors (Lipinski definition) is 2. The van der Waals surface area contributed by atoms with Gasteiger partial charge in [-0.15, -0.1) is 0 Å². The van der Waals surface area contributed by atoms with Crippen LogP contribution in [0.4, 0.5) is 36.6 Å². The Hall–Kier alpha value is -2.59. The lowest BCUT2D eigenvalue weighted by Crippen LogP contribution is -2.37. The molecule has 0 radical (unpaired) electrons. The van der Waals surface area contributed by atoms with Crippen molar-refractivity contribution in [3.8, 4) is 11.3 Å². The molecule has 2 fully saturated rings. The van der Waals surface area contributed by atoms with Crippen LogP contribution in [0.1, 0.15) is 43.6 Å². The Balaban J connectivity index is 1.80. The molecule has 11 heteroatoms. The molecule has 1 N–H and O–H groups in total. The number of nitrogens with zero attached hydrogens (tertiary/aromatic N) is 2. The number of anilines is 1. The lowest BCUT2D eigenvalue weighted by molar-refractivity contribution is -0.189. The molecule has 0 bridgehead atoms. The van der Waals surface area contributed by atoms with Crippen LogP contribution in [-0.2, 0) is 11.3 Å². The fourth-order valence-corrected chi connectivity index (χ4v) is 3.84. The van der Waals surface area contributed by atoms with E-state index in [9.17, 15) is 35.5 Å². The molecule has 31 heavy (non-hydrogen) atoms. The second kappa shape index (κ2) is 7.23. The van der Waals surface area contributed by atoms with E-state index < -0.39 is 36.0 Å². The van der Waals surface area contributed by atoms with E-state index in [1.807, 2.05) is 0 Å². The van der Waals surface area contributed by atoms with Crippen molar-refractivity contribution in [1.29, 1.82) is 0 Å². The second-order valence-corrected chi connectivity index (χ2v) is 8.05. The Morgan fingerprint density at radius 2 is 1.71 bits per heavy atom. The van der Waals surface area contributed by atoms with Crippen LogP contribution in [0, 0.1) is 11.2 Å². The molecule has 1 heterocycles. The van der Waals surface area contributed by atoms with Gasteiger partial charge >= 0.3 is 12.4 Å². The summed E-state index contributed by atoms with van der Waals surface area (Å²) < 4.78 is 93.6. The number of nitrogens with one attached hydrogen (secondary N) is 1. The van der Waals surface area contributed by atoms with Gasteiger partial charge in [0.05, 0.1) is 5.69 Å². The molecule has 1 aromatic heterocycles. The Labute approximate surface area is 172 Å². The Morgan fingerprint density at radius 1 is 1.10 bits per heavy atom. The molecule has 4 nitrogen and oxygen atoms in total. The van der Waals surface area contributed by atoms with Gasteiger partial charge in [0, 0.05) is 11.1 Å². The first kappa shape index (κ1) is 21.6. The van der Waals surface area contributed by atoms with E-state index in [0.29, 0.717) is 17.5 Å². The standard InChI is InChI=1S/C20H18F7N3O/c21-13-6-4-12(5-7-13)15-14(11-2-1-3-11)16(29-30(15)10-19(22,23)24)28-17(31)18(8-9-18)20(25,26)27/h4-7,11H,1-3,8-10H2,(H,28,29,31). The molecule has 1 amide bonds. The van der Waals surface area contributed by atoms with Gasteiger partial charge in [-0.05, 0) is 55.9 Å². The molecular formula is C20H18F7N3O. The zero-order valence-corrected chi connectivity index (χ0v) is 16.1. The van der Waals surface area contributed by atoms with E-state index in [1.54, 1.807) is 0 Å². The van der Waals surface area contributed by atoms with Crippen molar-refractivity contribution in [2.75, 3.05) is 5.32 Å². The second-order valence-electron chi connectivity index (χ2n) is 8.05. The highest BCUT2D eigenvalue weighted by molar-refractivity contribution is 5.98. The minimum absolute atomic E-state index is 0.0224. The number of rotatable bonds is 5. The molecule has 0 saturated heterocycles. The van der Waals surface area contributed by atoms with Gasteiger partial charge in [-0.3, -0.25) is 9.48 Å². The molecule has 2 aliphatic rings. The number of amides is 1. The summed E-state index contributed by atoms with van der Waals surface area (Å²) in [4.78, 5) is 12.5. The first-order valence-corrected chi connectivity index (χ1v) is 9.73. The summed E-state index contributed by atoms with van der Waals surface area (Å²) in [5, 5.41) is 6.03. The fraction of sp³-hybridized carbons (Fsp3) is 0.500. The molecule has 1 aromatic carbocycles. The third-order valence-corrected chi connectivity index (χ3v) is 5.91. The third-order valence-electron chi connectivity index (χ3n) is 5.91. The van der Waals surface area contributed by atoms with E-state index in [2.05, 4.69) is 10.4 Å². The van der Waals surface area contributed by atoms with Crippen LogP contribution in [-0.4, -0.2) is 28.0 Å². The number of carbonyl (C=O) groups excluding carboxylic acids is 1. The van der Waals surface area contributed by atoms with E-state index in [0.717, 1.165) is 18.6 Å². The van der Waals surface area contributed by atoms with Crippen LogP contribution < -0.4 is 5.32 Å². The molecule has 2 aromatic rings. The molecule has 0 unspecified atom stereocenters. The van der Waals surface area contributed by atoms with E-state index in [-0.39, 0.29) is 41.4 Å². The highest BCUT2D eigenvalue weighted by Gasteiger charge is 2.68. The normalized spacial score (nSPS) is 18.5. The predicted octanol–water partition coefficient (Wildman–Crippen LogP) is 5.80. The molecule has 0 spiro atoms. The summed E-state index contributed by atoms with van der Waals surface area (Å²) in [6.45, 7) is -1.50. The van der Waals surface area contributed by atoms with Crippen molar-refractivity contribution in [1.82, 2.24) is 9.78 Å². The van der Waals surface area contributed by atoms with Crippen LogP contribution in [0.25, 0.3) is 11.3 Å². The topological polar surface area (TPSA) is 46.9 Å². The Morgan fingerprint density at radius 3 is 2.16 bits per heavy atom. The zero-order chi connectivity index (χ0) is 22.6. The molecule has 0 atom stereocenters. The number of aromatic nitrogens is 2. The highest BCUT2D eigenvalue weighted by Crippen LogP contribution is 2.58. The van der Waals surface area contributed by atoms with Crippen LogP contribution in [0.15, 0.2) is 24.3 Å². The zero-order valence-electron chi connectivity index (χ0n) is 16.1. The molecule has 2 saturated carbocycles. The number of benzene rings is 1. The Kier molecular flexibility index (Phi) is 5.05. The quantitative estimate of drug-likeness (QED) is 0.587. The summed E-state index contributed by atoms with van der Waals surface area (Å²) >= 11 is 0. The van der Waals surface area contributed by atoms with Crippen molar-refractivity contribution in [3.05, 3.63) is 35.6 Å². The van der Waals surface area contributed by atoms with Crippen molar-refractivity contribution in [2.45, 2.75) is 56.9 Å². The maximum atomic E-state index is 13.4. The maximum absolute atomic E-state index is 13.4. The predicted molar refractivity (Wildman–Crippen MR) is 96.6 cm³/mol. The first-order chi connectivity index (χ1) is 14.4. The monoisotopic (exact) mass is 449 g/mol. The lowest BCUT2D eigenvalue weighted by atomic mass is 9.78. The van der Waals surface area contributed by atoms with Gasteiger partial charge in [-0.25, -0.2) is 4.39 Å². The summed E-state index contributed by atoms with van der Waals surface area (Å²) in [7, 11) is 0. The minimum Gasteiger partial charge on any atom is -0.308 e. The average molecular weight is 449 g/mol. The number of halogens is 7. The summed E-state index contributed by atoms with van der Waals surface area (Å²) in [6.07, 6.45) is -8.20. The van der Waals surface area contributed by atoms with Crippen molar-refractivity contribution >= 4 is 11.7 Å². The van der Waals surface area contributed by atoms with Crippen molar-refractivity contribution in [3.63, 3.8) is 0 Å². The summed E-state index contributed by atoms with van der Waals surface area (Å²) in [5.41, 5.74) is -2.02. The van der Waals surface area contributed by atoms with Gasteiger partial charge in [0.2, 0.25) is 5.91 Å². The number of carbonyl (C=O) groups is 1. The first-order valence-electron chi connectivity index (χ1n) is 9.73. The number of hydrogen-bond donors (Lipinski definition) is 1. The van der Waals surface area contributed by atoms with Crippen LogP contribution in [0.5, 0.6) is 0 Å². The molecule has 168 valence electrons. The van der Waals surface area contributed by atoms with Crippen molar-refractivity contribution < 1.29 is 35.5 Å². The Bertz CT molecular complexity index is 984. The van der Waals surface area contributed by atoms with Gasteiger partial charge in [0.15, 0.2) is 5.82 Å². The fourth-order valence-electron chi connectivity index (χ4n) is 3.84. The highest BCUT2D eigenvalue weighted by atomic mass is 19.4. The van der Waals surface area contributed by atoms with Crippen molar-refractivity contribution in [2.24, 2.45) is 5.41 Å². The summed E-state index contributed by atoms with van der Waals surface area (Å²) in [5.74, 6) is -2.47. The van der Waals surface area contributed by atoms with Gasteiger partial charge < -0.3 is 5.32 Å². The SMILES string of the molecule is O=C(Nc1nn(CC(F)(F)F)c(-c2ccc(F)cc2)c1C1CCC1)C1(C(F)(F)F)CC1. The maximum Gasteiger partial charge on any atom is 0.408 e. The lowest BCUT2D eigenvalue weighted by Gasteiger charge is -2.27. The van der Waals surface area contributed by atoms with Gasteiger partial charge in [-0.1, -0.05) is 6.42 Å². The van der Waals surface area contributed by atoms with Gasteiger partial charge in [-0.2, -0.15) is 31.4 Å². The van der Waals surface area contributed by atoms with E-state index in [1.165, 1.54) is 12.1 Å². The molecular weight excluding hydrogens is 431 g/mol. The van der Waals surface area contributed by atoms with Gasteiger partial charge in [0.25, 0.3) is 0 Å².